The summed E-state index contributed by atoms with van der Waals surface area (Å²) >= 11 is 0. The standard InChI is InChI=1S/3C22H38N2O2/c1-23(17-11-5-3-6-12-17)21(25)19-15-9-10-16-20(19)22(26)24(2)18-13-7-4-8-14-18;1-23(21(25)17-11-5-3-6-12-17)19-15-9-10-16-20(19)24(2)22(26)18-13-7-4-8-14-18;1-23(21(25)17-10-5-3-6-11-17)19-14-9-15-20(16-19)24(2)22(26)18-12-7-4-8-13-18/h3*17-20H,3-16H2,1-2H3. The summed E-state index contributed by atoms with van der Waals surface area (Å²) in [5, 5.41) is 0. The molecule has 9 saturated carbocycles. The maximum absolute atomic E-state index is 13.3. The molecular weight excluding hydrogens is 973 g/mol. The molecule has 0 radical (unpaired) electrons. The molecule has 0 aromatic carbocycles. The number of amides is 6. The third kappa shape index (κ3) is 17.0. The van der Waals surface area contributed by atoms with E-state index in [0.29, 0.717) is 47.8 Å². The molecule has 0 N–H and O–H groups in total. The van der Waals surface area contributed by atoms with Gasteiger partial charge >= 0.3 is 0 Å². The monoisotopic (exact) mass is 1090 g/mol. The highest BCUT2D eigenvalue weighted by atomic mass is 16.2. The smallest absolute Gasteiger partial charge is 0.226 e. The van der Waals surface area contributed by atoms with Crippen LogP contribution in [0.1, 0.15) is 270 Å². The maximum atomic E-state index is 13.3. The molecule has 12 heteroatoms. The van der Waals surface area contributed by atoms with Gasteiger partial charge < -0.3 is 29.4 Å². The zero-order chi connectivity index (χ0) is 55.6. The van der Waals surface area contributed by atoms with Crippen molar-refractivity contribution < 1.29 is 28.8 Å². The van der Waals surface area contributed by atoms with Crippen LogP contribution in [-0.2, 0) is 28.8 Å². The predicted molar refractivity (Wildman–Crippen MR) is 314 cm³/mol. The van der Waals surface area contributed by atoms with Crippen molar-refractivity contribution in [2.24, 2.45) is 35.5 Å². The Balaban J connectivity index is 0.000000170. The SMILES string of the molecule is CN(C(=O)C1CCCCC1)C1CCCC(N(C)C(=O)C2CCCCC2)C1.CN(C(=O)C1CCCCC1)C1CCCCC1N(C)C(=O)C1CCCCC1.CN(C(=O)C1CCCCC1C(=O)N(C)C1CCCCC1)C1CCCCC1. The van der Waals surface area contributed by atoms with E-state index in [4.69, 9.17) is 0 Å². The number of rotatable bonds is 12. The molecule has 0 saturated heterocycles. The summed E-state index contributed by atoms with van der Waals surface area (Å²) in [6.07, 6.45) is 48.0. The van der Waals surface area contributed by atoms with Gasteiger partial charge in [-0.15, -0.1) is 0 Å². The van der Waals surface area contributed by atoms with Crippen LogP contribution in [0, 0.1) is 35.5 Å². The van der Waals surface area contributed by atoms with Gasteiger partial charge in [0.1, 0.15) is 0 Å². The van der Waals surface area contributed by atoms with Crippen LogP contribution in [0.2, 0.25) is 0 Å². The summed E-state index contributed by atoms with van der Waals surface area (Å²) in [6.45, 7) is 0. The molecule has 12 nitrogen and oxygen atoms in total. The normalized spacial score (nSPS) is 28.5. The highest BCUT2D eigenvalue weighted by Gasteiger charge is 2.42. The average molecular weight is 1090 g/mol. The number of carbonyl (C=O) groups is 6. The lowest BCUT2D eigenvalue weighted by Crippen LogP contribution is -2.56. The van der Waals surface area contributed by atoms with Gasteiger partial charge in [-0.2, -0.15) is 0 Å². The van der Waals surface area contributed by atoms with E-state index >= 15 is 0 Å². The molecule has 0 aromatic rings. The van der Waals surface area contributed by atoms with Crippen LogP contribution in [0.5, 0.6) is 0 Å². The summed E-state index contributed by atoms with van der Waals surface area (Å²) in [6, 6.07) is 1.82. The minimum atomic E-state index is -0.0887. The van der Waals surface area contributed by atoms with Gasteiger partial charge in [-0.1, -0.05) is 141 Å². The van der Waals surface area contributed by atoms with Crippen LogP contribution in [0.3, 0.4) is 0 Å². The molecule has 0 heterocycles. The third-order valence-corrected chi connectivity index (χ3v) is 22.0. The fourth-order valence-electron chi connectivity index (χ4n) is 16.6. The van der Waals surface area contributed by atoms with E-state index in [-0.39, 0.29) is 59.4 Å². The molecule has 9 fully saturated rings. The molecule has 6 atom stereocenters. The molecule has 0 aromatic heterocycles. The minimum Gasteiger partial charge on any atom is -0.343 e. The van der Waals surface area contributed by atoms with Crippen LogP contribution in [-0.4, -0.2) is 143 Å². The molecule has 9 aliphatic rings. The molecule has 6 unspecified atom stereocenters. The molecule has 9 rings (SSSR count). The second-order valence-electron chi connectivity index (χ2n) is 27.0. The van der Waals surface area contributed by atoms with Gasteiger partial charge in [0.15, 0.2) is 0 Å². The van der Waals surface area contributed by atoms with E-state index < -0.39 is 0 Å². The number of hydrogen-bond donors (Lipinski definition) is 0. The van der Waals surface area contributed by atoms with E-state index in [1.807, 2.05) is 71.7 Å². The van der Waals surface area contributed by atoms with Crippen molar-refractivity contribution in [2.45, 2.75) is 306 Å². The molecule has 78 heavy (non-hydrogen) atoms. The van der Waals surface area contributed by atoms with E-state index in [1.54, 1.807) is 0 Å². The molecule has 0 aliphatic heterocycles. The lowest BCUT2D eigenvalue weighted by atomic mass is 9.76. The molecule has 9 aliphatic carbocycles. The second kappa shape index (κ2) is 31.9. The number of likely N-dealkylation sites (N-methyl/N-ethyl adjacent to an activating group) is 2. The molecular formula is C66H114N6O6. The fraction of sp³-hybridized carbons (Fsp3) is 0.909. The molecule has 6 amide bonds. The molecule has 0 spiro atoms. The Kier molecular flexibility index (Phi) is 25.5. The van der Waals surface area contributed by atoms with E-state index in [0.717, 1.165) is 141 Å². The Hall–Kier alpha value is -3.18. The van der Waals surface area contributed by atoms with Gasteiger partial charge in [0.25, 0.3) is 0 Å². The Morgan fingerprint density at radius 3 is 0.731 bits per heavy atom. The van der Waals surface area contributed by atoms with E-state index in [9.17, 15) is 28.8 Å². The van der Waals surface area contributed by atoms with Crippen molar-refractivity contribution in [1.29, 1.82) is 0 Å². The van der Waals surface area contributed by atoms with Crippen molar-refractivity contribution >= 4 is 35.4 Å². The van der Waals surface area contributed by atoms with E-state index in [2.05, 4.69) is 0 Å². The van der Waals surface area contributed by atoms with Crippen molar-refractivity contribution in [1.82, 2.24) is 29.4 Å². The second-order valence-corrected chi connectivity index (χ2v) is 27.0. The van der Waals surface area contributed by atoms with Crippen molar-refractivity contribution in [3.63, 3.8) is 0 Å². The summed E-state index contributed by atoms with van der Waals surface area (Å²) in [5.74, 6) is 2.62. The predicted octanol–water partition coefficient (Wildman–Crippen LogP) is 13.1. The van der Waals surface area contributed by atoms with Gasteiger partial charge in [-0.25, -0.2) is 0 Å². The Morgan fingerprint density at radius 2 is 0.436 bits per heavy atom. The van der Waals surface area contributed by atoms with Crippen LogP contribution >= 0.6 is 0 Å². The molecule has 0 bridgehead atoms. The maximum Gasteiger partial charge on any atom is 0.226 e. The first-order valence-electron chi connectivity index (χ1n) is 33.4. The van der Waals surface area contributed by atoms with Gasteiger partial charge in [-0.3, -0.25) is 28.8 Å². The topological polar surface area (TPSA) is 122 Å². The highest BCUT2D eigenvalue weighted by molar-refractivity contribution is 5.88. The van der Waals surface area contributed by atoms with Gasteiger partial charge in [0.05, 0.1) is 12.1 Å². The zero-order valence-electron chi connectivity index (χ0n) is 50.8. The summed E-state index contributed by atoms with van der Waals surface area (Å²) in [4.78, 5) is 90.6. The fourth-order valence-corrected chi connectivity index (χ4v) is 16.6. The summed E-state index contributed by atoms with van der Waals surface area (Å²) < 4.78 is 0. The number of carbonyl (C=O) groups excluding carboxylic acids is 6. The average Bonchev–Trinajstić information content (AvgIpc) is 3.54. The van der Waals surface area contributed by atoms with Crippen molar-refractivity contribution in [3.8, 4) is 0 Å². The largest absolute Gasteiger partial charge is 0.343 e. The quantitative estimate of drug-likeness (QED) is 0.192. The van der Waals surface area contributed by atoms with Crippen molar-refractivity contribution in [2.75, 3.05) is 42.3 Å². The number of hydrogen-bond acceptors (Lipinski definition) is 6. The van der Waals surface area contributed by atoms with Gasteiger partial charge in [-0.05, 0) is 128 Å². The Labute approximate surface area is 475 Å². The van der Waals surface area contributed by atoms with E-state index in [1.165, 1.54) is 128 Å². The molecule has 444 valence electrons. The minimum absolute atomic E-state index is 0.0887. The first-order valence-corrected chi connectivity index (χ1v) is 33.4. The van der Waals surface area contributed by atoms with Crippen LogP contribution in [0.4, 0.5) is 0 Å². The first kappa shape index (κ1) is 62.4. The van der Waals surface area contributed by atoms with Gasteiger partial charge in [0.2, 0.25) is 35.4 Å². The van der Waals surface area contributed by atoms with Crippen LogP contribution in [0.25, 0.3) is 0 Å². The lowest BCUT2D eigenvalue weighted by molar-refractivity contribution is -0.149. The first-order chi connectivity index (χ1) is 37.8. The number of nitrogens with zero attached hydrogens (tertiary/aromatic N) is 6. The highest BCUT2D eigenvalue weighted by Crippen LogP contribution is 2.38. The summed E-state index contributed by atoms with van der Waals surface area (Å²) in [7, 11) is 12.0. The Morgan fingerprint density at radius 1 is 0.218 bits per heavy atom. The van der Waals surface area contributed by atoms with Crippen LogP contribution in [0.15, 0.2) is 0 Å². The Bertz CT molecular complexity index is 1730. The lowest BCUT2D eigenvalue weighted by Gasteiger charge is -2.44. The van der Waals surface area contributed by atoms with Gasteiger partial charge in [0, 0.05) is 102 Å². The zero-order valence-corrected chi connectivity index (χ0v) is 50.8. The third-order valence-electron chi connectivity index (χ3n) is 22.0. The van der Waals surface area contributed by atoms with Crippen LogP contribution < -0.4 is 0 Å². The summed E-state index contributed by atoms with van der Waals surface area (Å²) in [5.41, 5.74) is 0. The van der Waals surface area contributed by atoms with Crippen molar-refractivity contribution in [3.05, 3.63) is 0 Å².